The Kier molecular flexibility index (Phi) is 6.72. The van der Waals surface area contributed by atoms with E-state index in [2.05, 4.69) is 16.6 Å². The maximum absolute atomic E-state index is 12.9. The van der Waals surface area contributed by atoms with Gasteiger partial charge in [0.05, 0.1) is 30.2 Å². The minimum absolute atomic E-state index is 0.0547. The van der Waals surface area contributed by atoms with Gasteiger partial charge in [-0.15, -0.1) is 0 Å². The lowest BCUT2D eigenvalue weighted by atomic mass is 10.0. The van der Waals surface area contributed by atoms with Crippen molar-refractivity contribution in [2.45, 2.75) is 50.4 Å². The van der Waals surface area contributed by atoms with Gasteiger partial charge in [0, 0.05) is 19.1 Å². The van der Waals surface area contributed by atoms with Crippen LogP contribution in [0.3, 0.4) is 0 Å². The molecular formula is C20H25N3O4S. The van der Waals surface area contributed by atoms with Crippen LogP contribution < -0.4 is 5.56 Å². The number of amides is 1. The third-order valence-corrected chi connectivity index (χ3v) is 6.00. The summed E-state index contributed by atoms with van der Waals surface area (Å²) in [6.45, 7) is 3.02. The van der Waals surface area contributed by atoms with Crippen LogP contribution in [0, 0.1) is 0 Å². The fourth-order valence-corrected chi connectivity index (χ4v) is 4.35. The first-order chi connectivity index (χ1) is 13.5. The van der Waals surface area contributed by atoms with Crippen molar-refractivity contribution in [1.29, 1.82) is 0 Å². The molecule has 1 saturated heterocycles. The quantitative estimate of drug-likeness (QED) is 0.419. The van der Waals surface area contributed by atoms with Gasteiger partial charge in [0.25, 0.3) is 5.56 Å². The van der Waals surface area contributed by atoms with E-state index >= 15 is 0 Å². The number of fused-ring (bicyclic) bond motifs is 1. The normalized spacial score (nSPS) is 16.9. The van der Waals surface area contributed by atoms with E-state index in [-0.39, 0.29) is 36.2 Å². The summed E-state index contributed by atoms with van der Waals surface area (Å²) in [4.78, 5) is 43.6. The molecule has 2 aromatic rings. The zero-order valence-electron chi connectivity index (χ0n) is 16.2. The Morgan fingerprint density at radius 2 is 2.07 bits per heavy atom. The highest BCUT2D eigenvalue weighted by molar-refractivity contribution is 7.99. The van der Waals surface area contributed by atoms with Crippen molar-refractivity contribution >= 4 is 34.5 Å². The van der Waals surface area contributed by atoms with Gasteiger partial charge in [-0.2, -0.15) is 0 Å². The number of carbonyl (C=O) groups excluding carboxylic acids is 2. The van der Waals surface area contributed by atoms with Crippen LogP contribution in [0.25, 0.3) is 10.9 Å². The number of hydrogen-bond donors (Lipinski definition) is 0. The summed E-state index contributed by atoms with van der Waals surface area (Å²) >= 11 is 1.25. The minimum Gasteiger partial charge on any atom is -0.469 e. The molecule has 0 saturated carbocycles. The summed E-state index contributed by atoms with van der Waals surface area (Å²) < 4.78 is 6.16. The van der Waals surface area contributed by atoms with Crippen LogP contribution in [0.15, 0.2) is 34.2 Å². The summed E-state index contributed by atoms with van der Waals surface area (Å²) in [6.07, 6.45) is 3.27. The first-order valence-electron chi connectivity index (χ1n) is 9.50. The molecule has 0 bridgehead atoms. The predicted octanol–water partition coefficient (Wildman–Crippen LogP) is 2.45. The number of rotatable bonds is 6. The number of ether oxygens (including phenoxy) is 1. The van der Waals surface area contributed by atoms with Crippen molar-refractivity contribution in [3.05, 3.63) is 34.6 Å². The Morgan fingerprint density at radius 3 is 2.82 bits per heavy atom. The van der Waals surface area contributed by atoms with E-state index in [4.69, 9.17) is 0 Å². The number of piperidine rings is 1. The summed E-state index contributed by atoms with van der Waals surface area (Å²) in [7, 11) is 1.32. The second-order valence-corrected chi connectivity index (χ2v) is 7.86. The van der Waals surface area contributed by atoms with Gasteiger partial charge >= 0.3 is 5.97 Å². The molecule has 7 nitrogen and oxygen atoms in total. The zero-order valence-corrected chi connectivity index (χ0v) is 17.0. The Hall–Kier alpha value is -2.35. The Bertz CT molecular complexity index is 927. The van der Waals surface area contributed by atoms with Gasteiger partial charge in [0.2, 0.25) is 5.91 Å². The number of hydrogen-bond acceptors (Lipinski definition) is 6. The van der Waals surface area contributed by atoms with Crippen LogP contribution in [0.2, 0.25) is 0 Å². The molecule has 0 spiro atoms. The number of para-hydroxylation sites is 1. The Labute approximate surface area is 168 Å². The fraction of sp³-hybridized carbons (Fsp3) is 0.500. The first kappa shape index (κ1) is 20.4. The third kappa shape index (κ3) is 4.55. The molecule has 0 radical (unpaired) electrons. The molecule has 28 heavy (non-hydrogen) atoms. The lowest BCUT2D eigenvalue weighted by Gasteiger charge is -2.33. The Balaban J connectivity index is 1.84. The van der Waals surface area contributed by atoms with Gasteiger partial charge in [-0.25, -0.2) is 4.98 Å². The molecule has 8 heteroatoms. The molecule has 1 aliphatic heterocycles. The van der Waals surface area contributed by atoms with Crippen LogP contribution in [0.4, 0.5) is 0 Å². The van der Waals surface area contributed by atoms with Gasteiger partial charge in [-0.3, -0.25) is 19.0 Å². The molecule has 0 unspecified atom stereocenters. The predicted molar refractivity (Wildman–Crippen MR) is 108 cm³/mol. The van der Waals surface area contributed by atoms with E-state index in [1.807, 2.05) is 11.0 Å². The Morgan fingerprint density at radius 1 is 1.29 bits per heavy atom. The van der Waals surface area contributed by atoms with Crippen molar-refractivity contribution in [3.8, 4) is 0 Å². The van der Waals surface area contributed by atoms with E-state index in [0.717, 1.165) is 25.8 Å². The lowest BCUT2D eigenvalue weighted by Crippen LogP contribution is -2.43. The molecule has 0 aliphatic carbocycles. The maximum atomic E-state index is 12.9. The number of nitrogens with zero attached hydrogens (tertiary/aromatic N) is 3. The number of carbonyl (C=O) groups is 2. The summed E-state index contributed by atoms with van der Waals surface area (Å²) in [6, 6.07) is 7.34. The van der Waals surface area contributed by atoms with E-state index in [0.29, 0.717) is 16.1 Å². The van der Waals surface area contributed by atoms with Gasteiger partial charge in [-0.1, -0.05) is 23.9 Å². The molecule has 1 atom stereocenters. The fourth-order valence-electron chi connectivity index (χ4n) is 3.44. The van der Waals surface area contributed by atoms with Crippen molar-refractivity contribution < 1.29 is 14.3 Å². The van der Waals surface area contributed by atoms with Gasteiger partial charge in [0.15, 0.2) is 5.16 Å². The van der Waals surface area contributed by atoms with Gasteiger partial charge in [-0.05, 0) is 38.3 Å². The first-order valence-corrected chi connectivity index (χ1v) is 10.5. The van der Waals surface area contributed by atoms with Crippen molar-refractivity contribution in [1.82, 2.24) is 14.5 Å². The highest BCUT2D eigenvalue weighted by atomic mass is 32.2. The standard InChI is InChI=1S/C20H25N3O4S/c1-14-7-5-6-11-22(14)17(24)13-28-20-21-16-9-4-3-8-15(16)19(26)23(20)12-10-18(25)27-2/h3-4,8-9,14H,5-7,10-13H2,1-2H3/t14-/m0/s1. The number of likely N-dealkylation sites (tertiary alicyclic amines) is 1. The van der Waals surface area contributed by atoms with Crippen molar-refractivity contribution in [3.63, 3.8) is 0 Å². The molecular weight excluding hydrogens is 378 g/mol. The molecule has 1 amide bonds. The second kappa shape index (κ2) is 9.23. The van der Waals surface area contributed by atoms with Crippen LogP contribution in [-0.4, -0.2) is 51.8 Å². The monoisotopic (exact) mass is 403 g/mol. The number of aromatic nitrogens is 2. The number of esters is 1. The van der Waals surface area contributed by atoms with E-state index in [1.165, 1.54) is 23.4 Å². The van der Waals surface area contributed by atoms with Crippen LogP contribution in [0.5, 0.6) is 0 Å². The molecule has 3 rings (SSSR count). The average molecular weight is 404 g/mol. The highest BCUT2D eigenvalue weighted by Gasteiger charge is 2.24. The van der Waals surface area contributed by atoms with E-state index in [1.54, 1.807) is 18.2 Å². The van der Waals surface area contributed by atoms with Crippen molar-refractivity contribution in [2.24, 2.45) is 0 Å². The average Bonchev–Trinajstić information content (AvgIpc) is 2.71. The van der Waals surface area contributed by atoms with E-state index in [9.17, 15) is 14.4 Å². The largest absolute Gasteiger partial charge is 0.469 e. The smallest absolute Gasteiger partial charge is 0.307 e. The van der Waals surface area contributed by atoms with E-state index < -0.39 is 5.97 Å². The molecule has 1 aliphatic rings. The number of methoxy groups -OCH3 is 1. The molecule has 0 N–H and O–H groups in total. The van der Waals surface area contributed by atoms with Gasteiger partial charge < -0.3 is 9.64 Å². The van der Waals surface area contributed by atoms with Gasteiger partial charge in [0.1, 0.15) is 0 Å². The molecule has 1 aromatic carbocycles. The third-order valence-electron chi connectivity index (χ3n) is 5.04. The van der Waals surface area contributed by atoms with Crippen LogP contribution in [-0.2, 0) is 20.9 Å². The molecule has 2 heterocycles. The molecule has 1 aromatic heterocycles. The minimum atomic E-state index is -0.394. The van der Waals surface area contributed by atoms with Crippen LogP contribution in [0.1, 0.15) is 32.6 Å². The highest BCUT2D eigenvalue weighted by Crippen LogP contribution is 2.22. The molecule has 1 fully saturated rings. The summed E-state index contributed by atoms with van der Waals surface area (Å²) in [5.41, 5.74) is 0.374. The SMILES string of the molecule is COC(=O)CCn1c(SCC(=O)N2CCCC[C@@H]2C)nc2ccccc2c1=O. The lowest BCUT2D eigenvalue weighted by molar-refractivity contribution is -0.141. The number of benzene rings is 1. The summed E-state index contributed by atoms with van der Waals surface area (Å²) in [5.74, 6) is -0.124. The summed E-state index contributed by atoms with van der Waals surface area (Å²) in [5, 5.41) is 0.943. The second-order valence-electron chi connectivity index (χ2n) is 6.92. The molecule has 150 valence electrons. The topological polar surface area (TPSA) is 81.5 Å². The number of thioether (sulfide) groups is 1. The maximum Gasteiger partial charge on any atom is 0.307 e. The van der Waals surface area contributed by atoms with Crippen molar-refractivity contribution in [2.75, 3.05) is 19.4 Å². The zero-order chi connectivity index (χ0) is 20.1. The van der Waals surface area contributed by atoms with Crippen LogP contribution >= 0.6 is 11.8 Å².